The molecule has 5 aromatic heterocycles. The van der Waals surface area contributed by atoms with E-state index < -0.39 is 23.6 Å². The summed E-state index contributed by atoms with van der Waals surface area (Å²) in [6, 6.07) is 74.8. The number of anilines is 6. The Labute approximate surface area is 682 Å². The topological polar surface area (TPSA) is 307 Å². The third-order valence-corrected chi connectivity index (χ3v) is 18.9. The molecule has 5 aliphatic rings. The molecule has 112 heavy (non-hydrogen) atoms. The number of amides is 1. The molecule has 24 nitrogen and oxygen atoms in total. The summed E-state index contributed by atoms with van der Waals surface area (Å²) in [6.07, 6.45) is 12.2. The SMILES string of the molecule is Brc1cccc(Br)n1.Brc1cccc(N2CCCC2)n1.C1CCNC1.Nc1cccc(-c2cccc(N3CCCC3)n2)c1.O=C(Cl)Oc1ccccc1.O=C(Nc1cccc(-c2cccc(N3CCCC3)n2)c1)Oc1ccccc1.O=[N+]([O-])c1cccc(-c2cccc(N3CCCC3)n2)c1.O=[N+]([O-])c1cccc(B(O)O)c1. The Bertz CT molecular complexity index is 4730. The van der Waals surface area contributed by atoms with Crippen LogP contribution >= 0.6 is 59.4 Å². The molecule has 1 amide bonds. The molecule has 10 heterocycles. The lowest BCUT2D eigenvalue weighted by Gasteiger charge is -2.17. The summed E-state index contributed by atoms with van der Waals surface area (Å²) in [5.74, 6) is 5.10. The molecule has 16 rings (SSSR count). The van der Waals surface area contributed by atoms with E-state index in [1.165, 1.54) is 102 Å². The minimum Gasteiger partial charge on any atom is -0.423 e. The van der Waals surface area contributed by atoms with E-state index in [-0.39, 0.29) is 21.8 Å². The number of halogens is 4. The van der Waals surface area contributed by atoms with Crippen molar-refractivity contribution in [1.29, 1.82) is 0 Å². The molecule has 0 unspecified atom stereocenters. The Morgan fingerprint density at radius 2 is 0.795 bits per heavy atom. The van der Waals surface area contributed by atoms with Gasteiger partial charge in [-0.05, 0) is 240 Å². The molecular formula is C83H87BBr3ClN14O10. The van der Waals surface area contributed by atoms with Gasteiger partial charge in [0.05, 0.1) is 26.9 Å². The Morgan fingerprint density at radius 3 is 1.19 bits per heavy atom. The smallest absolute Gasteiger partial charge is 0.423 e. The molecule has 0 aliphatic carbocycles. The molecule has 5 fully saturated rings. The van der Waals surface area contributed by atoms with Crippen LogP contribution in [-0.4, -0.2) is 129 Å². The molecule has 0 bridgehead atoms. The predicted molar refractivity (Wildman–Crippen MR) is 457 cm³/mol. The van der Waals surface area contributed by atoms with Gasteiger partial charge in [-0.1, -0.05) is 115 Å². The second kappa shape index (κ2) is 46.2. The molecule has 6 N–H and O–H groups in total. The lowest BCUT2D eigenvalue weighted by Crippen LogP contribution is -2.29. The van der Waals surface area contributed by atoms with Crippen molar-refractivity contribution < 1.29 is 39.0 Å². The molecular weight excluding hydrogens is 1640 g/mol. The highest BCUT2D eigenvalue weighted by molar-refractivity contribution is 9.11. The van der Waals surface area contributed by atoms with Crippen LogP contribution in [0.25, 0.3) is 33.8 Å². The van der Waals surface area contributed by atoms with Gasteiger partial charge in [0.2, 0.25) is 0 Å². The first-order valence-electron chi connectivity index (χ1n) is 36.7. The summed E-state index contributed by atoms with van der Waals surface area (Å²) in [5.41, 5.74) is 12.0. The average molecular weight is 1730 g/mol. The minimum atomic E-state index is -1.66. The first-order chi connectivity index (χ1) is 54.4. The van der Waals surface area contributed by atoms with E-state index >= 15 is 0 Å². The van der Waals surface area contributed by atoms with Crippen LogP contribution in [0.1, 0.15) is 64.2 Å². The van der Waals surface area contributed by atoms with Gasteiger partial charge in [-0.3, -0.25) is 25.5 Å². The van der Waals surface area contributed by atoms with Crippen LogP contribution in [0.15, 0.2) is 263 Å². The molecule has 5 saturated heterocycles. The van der Waals surface area contributed by atoms with E-state index in [0.717, 1.165) is 135 Å². The number of nitrogens with zero attached hydrogens (tertiary/aromatic N) is 11. The quantitative estimate of drug-likeness (QED) is 0.0179. The van der Waals surface area contributed by atoms with E-state index in [9.17, 15) is 29.8 Å². The van der Waals surface area contributed by atoms with Gasteiger partial charge in [0, 0.05) is 116 Å². The molecule has 0 saturated carbocycles. The van der Waals surface area contributed by atoms with Crippen LogP contribution in [0, 0.1) is 20.2 Å². The van der Waals surface area contributed by atoms with Crippen molar-refractivity contribution in [3.05, 3.63) is 283 Å². The molecule has 29 heteroatoms. The summed E-state index contributed by atoms with van der Waals surface area (Å²) in [7, 11) is -1.66. The number of ether oxygens (including phenoxy) is 2. The first kappa shape index (κ1) is 85.3. The number of aromatic nitrogens is 5. The molecule has 0 atom stereocenters. The fraction of sp³-hybridized carbons (Fsp3) is 0.241. The first-order valence-corrected chi connectivity index (χ1v) is 39.5. The van der Waals surface area contributed by atoms with Crippen LogP contribution in [0.5, 0.6) is 11.5 Å². The maximum atomic E-state index is 12.1. The second-order valence-electron chi connectivity index (χ2n) is 25.7. The number of para-hydroxylation sites is 2. The normalized spacial score (nSPS) is 13.6. The standard InChI is InChI=1S/C22H21N3O2.C15H15N3O2.C15H17N3.C9H11BrN2.C7H5ClO2.C6H6BNO4.C5H3Br2N.C4H9N/c26-22(27-19-10-2-1-3-11-19)23-18-9-6-8-17(16-18)20-12-7-13-21(24-20)25-14-4-5-15-25;19-18(20)13-6-3-5-12(11-13)14-7-4-8-15(16-14)17-9-1-2-10-17;16-13-6-3-5-12(11-13)14-7-4-8-15(17-14)18-9-1-2-10-18;10-8-4-3-5-9(11-8)12-6-1-2-7-12;8-7(9)10-6-4-2-1-3-5-6;9-7(10)5-2-1-3-6(4-5)8(11)12;6-4-2-1-3-5(7)8-4;1-2-4-5-3-1/h1-3,6-13,16H,4-5,14-15H2,(H,23,26);3-8,11H,1-2,9-10H2;3-8,11H,1-2,9-10,16H2;3-5H,1-2,6-7H2;1-5H;1-4,9-10H;1-3H;5H,1-4H2. The third kappa shape index (κ3) is 29.5. The highest BCUT2D eigenvalue weighted by Crippen LogP contribution is 2.30. The second-order valence-corrected chi connectivity index (χ2v) is 28.4. The number of nitro groups is 2. The zero-order valence-electron chi connectivity index (χ0n) is 61.6. The van der Waals surface area contributed by atoms with E-state index in [1.807, 2.05) is 152 Å². The summed E-state index contributed by atoms with van der Waals surface area (Å²) in [6.45, 7) is 11.2. The van der Waals surface area contributed by atoms with Crippen molar-refractivity contribution in [2.75, 3.05) is 96.1 Å². The Hall–Kier alpha value is -10.7. The summed E-state index contributed by atoms with van der Waals surface area (Å²) in [4.78, 5) is 74.1. The lowest BCUT2D eigenvalue weighted by atomic mass is 9.80. The van der Waals surface area contributed by atoms with Crippen molar-refractivity contribution >= 4 is 130 Å². The van der Waals surface area contributed by atoms with Crippen molar-refractivity contribution in [2.45, 2.75) is 64.2 Å². The number of carbonyl (C=O) groups excluding carboxylic acids is 2. The van der Waals surface area contributed by atoms with Crippen molar-refractivity contribution in [3.8, 4) is 45.3 Å². The number of benzene rings is 6. The maximum absolute atomic E-state index is 12.1. The number of nitrogens with two attached hydrogens (primary N) is 1. The number of rotatable bonds is 13. The Balaban J connectivity index is 0.000000153. The van der Waals surface area contributed by atoms with Gasteiger partial charge >= 0.3 is 18.6 Å². The lowest BCUT2D eigenvalue weighted by molar-refractivity contribution is -0.385. The zero-order valence-corrected chi connectivity index (χ0v) is 67.1. The maximum Gasteiger partial charge on any atom is 0.488 e. The summed E-state index contributed by atoms with van der Waals surface area (Å²) >= 11 is 14.8. The summed E-state index contributed by atoms with van der Waals surface area (Å²) in [5, 5.41) is 44.4. The number of hydrogen-bond acceptors (Lipinski definition) is 21. The minimum absolute atomic E-state index is 0.0934. The zero-order chi connectivity index (χ0) is 79.2. The van der Waals surface area contributed by atoms with Gasteiger partial charge in [-0.15, -0.1) is 0 Å². The molecule has 5 aliphatic heterocycles. The van der Waals surface area contributed by atoms with Crippen LogP contribution in [-0.2, 0) is 0 Å². The van der Waals surface area contributed by atoms with Crippen molar-refractivity contribution in [2.24, 2.45) is 0 Å². The Morgan fingerprint density at radius 1 is 0.429 bits per heavy atom. The molecule has 0 spiro atoms. The van der Waals surface area contributed by atoms with Gasteiger partial charge in [-0.25, -0.2) is 34.5 Å². The largest absolute Gasteiger partial charge is 0.488 e. The third-order valence-electron chi connectivity index (χ3n) is 17.5. The Kier molecular flexibility index (Phi) is 35.2. The van der Waals surface area contributed by atoms with Crippen LogP contribution in [0.2, 0.25) is 0 Å². The highest BCUT2D eigenvalue weighted by atomic mass is 79.9. The number of nitrogen functional groups attached to an aromatic ring is 1. The van der Waals surface area contributed by atoms with E-state index in [4.69, 9.17) is 42.1 Å². The van der Waals surface area contributed by atoms with Gasteiger partial charge < -0.3 is 50.2 Å². The van der Waals surface area contributed by atoms with E-state index in [0.29, 0.717) is 17.2 Å². The fourth-order valence-corrected chi connectivity index (χ4v) is 13.3. The number of non-ortho nitro benzene ring substituents is 2. The fourth-order valence-electron chi connectivity index (χ4n) is 12.0. The molecule has 580 valence electrons. The van der Waals surface area contributed by atoms with Gasteiger partial charge in [0.1, 0.15) is 48.6 Å². The highest BCUT2D eigenvalue weighted by Gasteiger charge is 2.20. The molecule has 6 aromatic carbocycles. The molecule has 11 aromatic rings. The molecule has 0 radical (unpaired) electrons. The van der Waals surface area contributed by atoms with Crippen LogP contribution < -0.4 is 50.9 Å². The number of hydrogen-bond donors (Lipinski definition) is 5. The van der Waals surface area contributed by atoms with E-state index in [2.05, 4.69) is 116 Å². The van der Waals surface area contributed by atoms with Crippen LogP contribution in [0.3, 0.4) is 0 Å². The summed E-state index contributed by atoms with van der Waals surface area (Å²) < 4.78 is 12.4. The van der Waals surface area contributed by atoms with Gasteiger partial charge in [0.15, 0.2) is 0 Å². The van der Waals surface area contributed by atoms with Crippen molar-refractivity contribution in [1.82, 2.24) is 30.2 Å². The monoisotopic (exact) mass is 1720 g/mol. The van der Waals surface area contributed by atoms with Gasteiger partial charge in [-0.2, -0.15) is 0 Å². The predicted octanol–water partition coefficient (Wildman–Crippen LogP) is 18.3. The number of pyridine rings is 5. The van der Waals surface area contributed by atoms with E-state index in [1.54, 1.807) is 48.5 Å². The number of nitrogens with one attached hydrogen (secondary N) is 2. The number of nitro benzene ring substituents is 2. The van der Waals surface area contributed by atoms with Gasteiger partial charge in [0.25, 0.3) is 11.4 Å². The van der Waals surface area contributed by atoms with Crippen LogP contribution in [0.4, 0.5) is 55.6 Å². The van der Waals surface area contributed by atoms with Crippen molar-refractivity contribution in [3.63, 3.8) is 0 Å². The average Bonchev–Trinajstić information content (AvgIpc) is 1.27. The number of carbonyl (C=O) groups is 2.